The molecule has 2 fully saturated rings. The zero-order valence-electron chi connectivity index (χ0n) is 10.1. The largest absolute Gasteiger partial charge is 0.327 e. The monoisotopic (exact) mass is 207 g/mol. The van der Waals surface area contributed by atoms with Crippen molar-refractivity contribution in [3.8, 4) is 0 Å². The molecular formula is C14H25N. The Balaban J connectivity index is 1.95. The lowest BCUT2D eigenvalue weighted by molar-refractivity contribution is 0.390. The van der Waals surface area contributed by atoms with Crippen LogP contribution in [0.25, 0.3) is 0 Å². The standard InChI is InChI=1S/C14H25N/c1-2-11-6-8-12(9-7-11)13-4-3-5-14(15)10-13/h11,14H,2-10,15H2,1H3. The average Bonchev–Trinajstić information content (AvgIpc) is 2.29. The molecule has 2 aliphatic rings. The zero-order valence-corrected chi connectivity index (χ0v) is 10.1. The smallest absolute Gasteiger partial charge is 0.00762 e. The third-order valence-corrected chi connectivity index (χ3v) is 4.35. The van der Waals surface area contributed by atoms with Gasteiger partial charge in [-0.1, -0.05) is 24.5 Å². The van der Waals surface area contributed by atoms with E-state index in [-0.39, 0.29) is 0 Å². The number of hydrogen-bond acceptors (Lipinski definition) is 1. The van der Waals surface area contributed by atoms with Crippen LogP contribution in [-0.2, 0) is 0 Å². The molecule has 15 heavy (non-hydrogen) atoms. The van der Waals surface area contributed by atoms with E-state index in [4.69, 9.17) is 5.73 Å². The second-order valence-electron chi connectivity index (χ2n) is 5.42. The third-order valence-electron chi connectivity index (χ3n) is 4.35. The highest BCUT2D eigenvalue weighted by Gasteiger charge is 2.20. The van der Waals surface area contributed by atoms with Crippen molar-refractivity contribution >= 4 is 0 Å². The first kappa shape index (κ1) is 11.2. The molecule has 0 aromatic carbocycles. The van der Waals surface area contributed by atoms with E-state index in [2.05, 4.69) is 6.92 Å². The van der Waals surface area contributed by atoms with Gasteiger partial charge in [-0.05, 0) is 57.3 Å². The first-order valence-electron chi connectivity index (χ1n) is 6.75. The van der Waals surface area contributed by atoms with Gasteiger partial charge in [-0.25, -0.2) is 0 Å². The summed E-state index contributed by atoms with van der Waals surface area (Å²) < 4.78 is 0. The molecule has 86 valence electrons. The van der Waals surface area contributed by atoms with E-state index in [1.807, 2.05) is 0 Å². The second kappa shape index (κ2) is 5.16. The molecule has 0 radical (unpaired) electrons. The molecule has 2 aliphatic carbocycles. The Morgan fingerprint density at radius 1 is 1.07 bits per heavy atom. The Morgan fingerprint density at radius 2 is 1.80 bits per heavy atom. The van der Waals surface area contributed by atoms with Gasteiger partial charge in [-0.3, -0.25) is 0 Å². The fraction of sp³-hybridized carbons (Fsp3) is 0.857. The van der Waals surface area contributed by atoms with E-state index in [9.17, 15) is 0 Å². The molecule has 1 nitrogen and oxygen atoms in total. The van der Waals surface area contributed by atoms with Gasteiger partial charge in [-0.2, -0.15) is 0 Å². The number of allylic oxidation sites excluding steroid dienone is 1. The van der Waals surface area contributed by atoms with E-state index in [1.54, 1.807) is 11.1 Å². The molecule has 0 saturated heterocycles. The minimum Gasteiger partial charge on any atom is -0.327 e. The van der Waals surface area contributed by atoms with Gasteiger partial charge in [-0.15, -0.1) is 0 Å². The summed E-state index contributed by atoms with van der Waals surface area (Å²) >= 11 is 0. The highest BCUT2D eigenvalue weighted by atomic mass is 14.6. The van der Waals surface area contributed by atoms with E-state index in [1.165, 1.54) is 57.8 Å². The van der Waals surface area contributed by atoms with E-state index in [0.717, 1.165) is 5.92 Å². The van der Waals surface area contributed by atoms with E-state index < -0.39 is 0 Å². The summed E-state index contributed by atoms with van der Waals surface area (Å²) in [6.07, 6.45) is 12.1. The molecule has 2 N–H and O–H groups in total. The van der Waals surface area contributed by atoms with Crippen LogP contribution in [0.4, 0.5) is 0 Å². The Kier molecular flexibility index (Phi) is 3.85. The molecule has 0 amide bonds. The molecular weight excluding hydrogens is 182 g/mol. The maximum Gasteiger partial charge on any atom is 0.00762 e. The van der Waals surface area contributed by atoms with E-state index in [0.29, 0.717) is 6.04 Å². The van der Waals surface area contributed by atoms with Gasteiger partial charge in [0.25, 0.3) is 0 Å². The van der Waals surface area contributed by atoms with Crippen molar-refractivity contribution in [3.05, 3.63) is 11.1 Å². The topological polar surface area (TPSA) is 26.0 Å². The quantitative estimate of drug-likeness (QED) is 0.651. The average molecular weight is 207 g/mol. The van der Waals surface area contributed by atoms with Crippen LogP contribution in [0.3, 0.4) is 0 Å². The van der Waals surface area contributed by atoms with Gasteiger partial charge in [0.2, 0.25) is 0 Å². The first-order valence-corrected chi connectivity index (χ1v) is 6.75. The lowest BCUT2D eigenvalue weighted by atomic mass is 9.79. The zero-order chi connectivity index (χ0) is 10.7. The van der Waals surface area contributed by atoms with Crippen LogP contribution >= 0.6 is 0 Å². The van der Waals surface area contributed by atoms with Crippen LogP contribution in [-0.4, -0.2) is 6.04 Å². The molecule has 0 aliphatic heterocycles. The minimum absolute atomic E-state index is 0.463. The summed E-state index contributed by atoms with van der Waals surface area (Å²) in [5.74, 6) is 1.01. The van der Waals surface area contributed by atoms with Crippen LogP contribution < -0.4 is 5.73 Å². The summed E-state index contributed by atoms with van der Waals surface area (Å²) in [7, 11) is 0. The summed E-state index contributed by atoms with van der Waals surface area (Å²) in [4.78, 5) is 0. The highest BCUT2D eigenvalue weighted by molar-refractivity contribution is 5.19. The van der Waals surface area contributed by atoms with Crippen molar-refractivity contribution in [2.24, 2.45) is 11.7 Å². The molecule has 1 heteroatoms. The summed E-state index contributed by atoms with van der Waals surface area (Å²) in [6.45, 7) is 2.33. The van der Waals surface area contributed by atoms with Gasteiger partial charge in [0.05, 0.1) is 0 Å². The maximum atomic E-state index is 6.05. The van der Waals surface area contributed by atoms with Crippen molar-refractivity contribution in [1.29, 1.82) is 0 Å². The van der Waals surface area contributed by atoms with Crippen LogP contribution in [0.15, 0.2) is 11.1 Å². The second-order valence-corrected chi connectivity index (χ2v) is 5.42. The number of hydrogen-bond donors (Lipinski definition) is 1. The maximum absolute atomic E-state index is 6.05. The van der Waals surface area contributed by atoms with Crippen LogP contribution in [0.1, 0.15) is 64.7 Å². The minimum atomic E-state index is 0.463. The number of rotatable bonds is 1. The molecule has 0 heterocycles. The Hall–Kier alpha value is -0.300. The first-order chi connectivity index (χ1) is 7.29. The van der Waals surface area contributed by atoms with Crippen molar-refractivity contribution in [1.82, 2.24) is 0 Å². The van der Waals surface area contributed by atoms with Gasteiger partial charge in [0.1, 0.15) is 0 Å². The van der Waals surface area contributed by atoms with Gasteiger partial charge < -0.3 is 5.73 Å². The molecule has 0 bridgehead atoms. The highest BCUT2D eigenvalue weighted by Crippen LogP contribution is 2.36. The fourth-order valence-corrected chi connectivity index (χ4v) is 3.21. The van der Waals surface area contributed by atoms with Gasteiger partial charge >= 0.3 is 0 Å². The summed E-state index contributed by atoms with van der Waals surface area (Å²) in [5.41, 5.74) is 9.58. The predicted molar refractivity (Wildman–Crippen MR) is 65.7 cm³/mol. The lowest BCUT2D eigenvalue weighted by Crippen LogP contribution is -2.25. The van der Waals surface area contributed by atoms with Crippen LogP contribution in [0.5, 0.6) is 0 Å². The van der Waals surface area contributed by atoms with Crippen molar-refractivity contribution in [2.75, 3.05) is 0 Å². The molecule has 0 aromatic heterocycles. The van der Waals surface area contributed by atoms with Gasteiger partial charge in [0.15, 0.2) is 0 Å². The SMILES string of the molecule is CCC1CCC(=C2CCCC(N)C2)CC1. The number of nitrogens with two attached hydrogens (primary N) is 1. The molecule has 1 atom stereocenters. The molecule has 2 rings (SSSR count). The van der Waals surface area contributed by atoms with Crippen molar-refractivity contribution in [2.45, 2.75) is 70.8 Å². The normalized spacial score (nSPS) is 33.2. The van der Waals surface area contributed by atoms with Gasteiger partial charge in [0, 0.05) is 6.04 Å². The summed E-state index contributed by atoms with van der Waals surface area (Å²) in [6, 6.07) is 0.463. The van der Waals surface area contributed by atoms with E-state index >= 15 is 0 Å². The molecule has 1 unspecified atom stereocenters. The predicted octanol–water partition coefficient (Wildman–Crippen LogP) is 3.78. The molecule has 0 spiro atoms. The molecule has 0 aromatic rings. The Labute approximate surface area is 94.1 Å². The summed E-state index contributed by atoms with van der Waals surface area (Å²) in [5, 5.41) is 0. The fourth-order valence-electron chi connectivity index (χ4n) is 3.21. The molecule has 2 saturated carbocycles. The van der Waals surface area contributed by atoms with Crippen LogP contribution in [0.2, 0.25) is 0 Å². The van der Waals surface area contributed by atoms with Crippen molar-refractivity contribution < 1.29 is 0 Å². The van der Waals surface area contributed by atoms with Crippen LogP contribution in [0, 0.1) is 5.92 Å². The third kappa shape index (κ3) is 2.84. The Morgan fingerprint density at radius 3 is 2.40 bits per heavy atom. The van der Waals surface area contributed by atoms with Crippen molar-refractivity contribution in [3.63, 3.8) is 0 Å². The lowest BCUT2D eigenvalue weighted by Gasteiger charge is -2.29. The Bertz CT molecular complexity index is 232.